The molecule has 1 aliphatic rings. The van der Waals surface area contributed by atoms with Crippen LogP contribution in [0.4, 0.5) is 0 Å². The van der Waals surface area contributed by atoms with Crippen LogP contribution < -0.4 is 9.47 Å². The number of benzene rings is 1. The molecular weight excluding hydrogens is 240 g/mol. The van der Waals surface area contributed by atoms with E-state index in [2.05, 4.69) is 13.8 Å². The molecule has 19 heavy (non-hydrogen) atoms. The minimum Gasteiger partial charge on any atom is -0.490 e. The lowest BCUT2D eigenvalue weighted by molar-refractivity contribution is -0.00889. The Hall–Kier alpha value is -1.22. The van der Waals surface area contributed by atoms with Gasteiger partial charge in [-0.3, -0.25) is 0 Å². The second-order valence-electron chi connectivity index (χ2n) is 5.44. The summed E-state index contributed by atoms with van der Waals surface area (Å²) in [5.41, 5.74) is 0. The third-order valence-corrected chi connectivity index (χ3v) is 3.61. The summed E-state index contributed by atoms with van der Waals surface area (Å²) in [6.07, 6.45) is 3.30. The monoisotopic (exact) mass is 264 g/mol. The third-order valence-electron chi connectivity index (χ3n) is 3.61. The Labute approximate surface area is 115 Å². The molecule has 0 heterocycles. The molecule has 0 amide bonds. The Balaban J connectivity index is 2.04. The summed E-state index contributed by atoms with van der Waals surface area (Å²) in [4.78, 5) is 0. The maximum absolute atomic E-state index is 10.0. The molecule has 2 rings (SSSR count). The molecule has 3 atom stereocenters. The van der Waals surface area contributed by atoms with Crippen molar-refractivity contribution in [2.45, 2.75) is 51.7 Å². The van der Waals surface area contributed by atoms with Crippen molar-refractivity contribution >= 4 is 0 Å². The summed E-state index contributed by atoms with van der Waals surface area (Å²) in [7, 11) is 0. The molecule has 0 saturated heterocycles. The summed E-state index contributed by atoms with van der Waals surface area (Å²) < 4.78 is 11.7. The molecule has 0 bridgehead atoms. The average molecular weight is 264 g/mol. The van der Waals surface area contributed by atoms with E-state index in [1.807, 2.05) is 24.3 Å². The molecule has 0 aromatic heterocycles. The van der Waals surface area contributed by atoms with E-state index >= 15 is 0 Å². The van der Waals surface area contributed by atoms with Crippen LogP contribution in [0, 0.1) is 5.92 Å². The summed E-state index contributed by atoms with van der Waals surface area (Å²) >= 11 is 0. The molecular formula is C16H24O3. The predicted octanol–water partition coefficient (Wildman–Crippen LogP) is 3.40. The Morgan fingerprint density at radius 3 is 2.68 bits per heavy atom. The van der Waals surface area contributed by atoms with E-state index in [-0.39, 0.29) is 12.2 Å². The normalized spacial score (nSPS) is 27.0. The van der Waals surface area contributed by atoms with E-state index in [0.29, 0.717) is 12.5 Å². The molecule has 1 saturated carbocycles. The van der Waals surface area contributed by atoms with Gasteiger partial charge in [-0.05, 0) is 43.7 Å². The summed E-state index contributed by atoms with van der Waals surface area (Å²) in [5.74, 6) is 2.13. The molecule has 1 aliphatic carbocycles. The number of ether oxygens (including phenoxy) is 2. The summed E-state index contributed by atoms with van der Waals surface area (Å²) in [6, 6.07) is 7.71. The van der Waals surface area contributed by atoms with Crippen LogP contribution in [0.5, 0.6) is 11.5 Å². The van der Waals surface area contributed by atoms with E-state index in [0.717, 1.165) is 37.2 Å². The Morgan fingerprint density at radius 1 is 1.21 bits per heavy atom. The largest absolute Gasteiger partial charge is 0.490 e. The number of aliphatic hydroxyl groups is 1. The summed E-state index contributed by atoms with van der Waals surface area (Å²) in [6.45, 7) is 4.97. The van der Waals surface area contributed by atoms with Crippen molar-refractivity contribution in [1.29, 1.82) is 0 Å². The van der Waals surface area contributed by atoms with Crippen LogP contribution in [0.15, 0.2) is 24.3 Å². The maximum Gasteiger partial charge on any atom is 0.161 e. The van der Waals surface area contributed by atoms with E-state index < -0.39 is 0 Å². The second-order valence-corrected chi connectivity index (χ2v) is 5.44. The van der Waals surface area contributed by atoms with Crippen LogP contribution >= 0.6 is 0 Å². The van der Waals surface area contributed by atoms with Crippen molar-refractivity contribution in [3.05, 3.63) is 24.3 Å². The van der Waals surface area contributed by atoms with Gasteiger partial charge in [0.1, 0.15) is 6.10 Å². The highest BCUT2D eigenvalue weighted by Gasteiger charge is 2.29. The van der Waals surface area contributed by atoms with Crippen molar-refractivity contribution < 1.29 is 14.6 Å². The van der Waals surface area contributed by atoms with Crippen LogP contribution in [-0.4, -0.2) is 23.9 Å². The molecule has 1 aromatic rings. The highest BCUT2D eigenvalue weighted by atomic mass is 16.5. The Morgan fingerprint density at radius 2 is 1.95 bits per heavy atom. The van der Waals surface area contributed by atoms with Gasteiger partial charge in [0.15, 0.2) is 11.5 Å². The molecule has 0 aliphatic heterocycles. The van der Waals surface area contributed by atoms with Crippen LogP contribution in [-0.2, 0) is 0 Å². The molecule has 1 aromatic carbocycles. The zero-order valence-electron chi connectivity index (χ0n) is 11.8. The van der Waals surface area contributed by atoms with Crippen LogP contribution in [0.2, 0.25) is 0 Å². The SMILES string of the molecule is CCCOc1ccccc1OC1CC(C)CCC1O. The van der Waals surface area contributed by atoms with Gasteiger partial charge in [0.2, 0.25) is 0 Å². The minimum atomic E-state index is -0.365. The van der Waals surface area contributed by atoms with Gasteiger partial charge in [-0.1, -0.05) is 26.0 Å². The first-order valence-electron chi connectivity index (χ1n) is 7.27. The highest BCUT2D eigenvalue weighted by Crippen LogP contribution is 2.32. The van der Waals surface area contributed by atoms with Gasteiger partial charge in [-0.15, -0.1) is 0 Å². The van der Waals surface area contributed by atoms with Gasteiger partial charge < -0.3 is 14.6 Å². The van der Waals surface area contributed by atoms with Crippen molar-refractivity contribution in [3.63, 3.8) is 0 Å². The van der Waals surface area contributed by atoms with E-state index in [9.17, 15) is 5.11 Å². The molecule has 3 heteroatoms. The van der Waals surface area contributed by atoms with Gasteiger partial charge in [-0.2, -0.15) is 0 Å². The highest BCUT2D eigenvalue weighted by molar-refractivity contribution is 5.39. The molecule has 1 N–H and O–H groups in total. The zero-order chi connectivity index (χ0) is 13.7. The first-order valence-corrected chi connectivity index (χ1v) is 7.27. The second kappa shape index (κ2) is 6.80. The number of hydrogen-bond acceptors (Lipinski definition) is 3. The smallest absolute Gasteiger partial charge is 0.161 e. The van der Waals surface area contributed by atoms with E-state index in [1.165, 1.54) is 0 Å². The Kier molecular flexibility index (Phi) is 5.08. The molecule has 0 radical (unpaired) electrons. The number of para-hydroxylation sites is 2. The van der Waals surface area contributed by atoms with E-state index in [1.54, 1.807) is 0 Å². The van der Waals surface area contributed by atoms with Crippen molar-refractivity contribution in [2.24, 2.45) is 5.92 Å². The topological polar surface area (TPSA) is 38.7 Å². The average Bonchev–Trinajstić information content (AvgIpc) is 2.42. The first-order chi connectivity index (χ1) is 9.20. The first kappa shape index (κ1) is 14.2. The Bertz CT molecular complexity index is 391. The quantitative estimate of drug-likeness (QED) is 0.885. The third kappa shape index (κ3) is 3.87. The van der Waals surface area contributed by atoms with Crippen molar-refractivity contribution in [2.75, 3.05) is 6.61 Å². The fraction of sp³-hybridized carbons (Fsp3) is 0.625. The van der Waals surface area contributed by atoms with Crippen molar-refractivity contribution in [3.8, 4) is 11.5 Å². The van der Waals surface area contributed by atoms with Crippen LogP contribution in [0.3, 0.4) is 0 Å². The molecule has 106 valence electrons. The standard InChI is InChI=1S/C16H24O3/c1-3-10-18-14-6-4-5-7-15(14)19-16-11-12(2)8-9-13(16)17/h4-7,12-13,16-17H,3,8-11H2,1-2H3. The molecule has 0 spiro atoms. The van der Waals surface area contributed by atoms with Gasteiger partial charge in [0.25, 0.3) is 0 Å². The molecule has 3 nitrogen and oxygen atoms in total. The van der Waals surface area contributed by atoms with Gasteiger partial charge in [0.05, 0.1) is 12.7 Å². The zero-order valence-corrected chi connectivity index (χ0v) is 11.8. The van der Waals surface area contributed by atoms with E-state index in [4.69, 9.17) is 9.47 Å². The van der Waals surface area contributed by atoms with Gasteiger partial charge in [-0.25, -0.2) is 0 Å². The lowest BCUT2D eigenvalue weighted by atomic mass is 9.86. The molecule has 1 fully saturated rings. The lowest BCUT2D eigenvalue weighted by Crippen LogP contribution is -2.37. The van der Waals surface area contributed by atoms with Crippen LogP contribution in [0.25, 0.3) is 0 Å². The van der Waals surface area contributed by atoms with Crippen LogP contribution in [0.1, 0.15) is 39.5 Å². The number of aliphatic hydroxyl groups excluding tert-OH is 1. The van der Waals surface area contributed by atoms with Crippen molar-refractivity contribution in [1.82, 2.24) is 0 Å². The summed E-state index contributed by atoms with van der Waals surface area (Å²) in [5, 5.41) is 10.0. The van der Waals surface area contributed by atoms with Gasteiger partial charge in [0, 0.05) is 0 Å². The molecule has 3 unspecified atom stereocenters. The fourth-order valence-electron chi connectivity index (χ4n) is 2.48. The maximum atomic E-state index is 10.0. The number of rotatable bonds is 5. The minimum absolute atomic E-state index is 0.116. The fourth-order valence-corrected chi connectivity index (χ4v) is 2.48. The lowest BCUT2D eigenvalue weighted by Gasteiger charge is -2.32. The predicted molar refractivity (Wildman–Crippen MR) is 75.7 cm³/mol. The number of hydrogen-bond donors (Lipinski definition) is 1. The van der Waals surface area contributed by atoms with Gasteiger partial charge >= 0.3 is 0 Å².